The summed E-state index contributed by atoms with van der Waals surface area (Å²) in [4.78, 5) is 12.8. The average molecular weight is 216 g/mol. The molecule has 1 fully saturated rings. The summed E-state index contributed by atoms with van der Waals surface area (Å²) in [5.74, 6) is -0.927. The van der Waals surface area contributed by atoms with Gasteiger partial charge in [-0.3, -0.25) is 9.69 Å². The highest BCUT2D eigenvalue weighted by molar-refractivity contribution is 5.72. The first-order chi connectivity index (χ1) is 7.00. The van der Waals surface area contributed by atoms with Crippen molar-refractivity contribution < 1.29 is 14.6 Å². The van der Waals surface area contributed by atoms with Gasteiger partial charge in [0, 0.05) is 19.1 Å². The Morgan fingerprint density at radius 1 is 1.67 bits per heavy atom. The van der Waals surface area contributed by atoms with Crippen molar-refractivity contribution in [2.75, 3.05) is 19.7 Å². The maximum absolute atomic E-state index is 10.5. The van der Waals surface area contributed by atoms with Gasteiger partial charge >= 0.3 is 5.97 Å². The predicted molar refractivity (Wildman–Crippen MR) is 56.7 cm³/mol. The molecule has 1 rings (SSSR count). The quantitative estimate of drug-likeness (QED) is 0.686. The van der Waals surface area contributed by atoms with Crippen LogP contribution in [0.15, 0.2) is 0 Å². The van der Waals surface area contributed by atoms with Crippen molar-refractivity contribution in [1.82, 2.24) is 4.90 Å². The van der Waals surface area contributed by atoms with E-state index in [1.807, 2.05) is 6.92 Å². The Hall–Kier alpha value is -0.650. The van der Waals surface area contributed by atoms with Crippen molar-refractivity contribution in [3.8, 4) is 0 Å². The van der Waals surface area contributed by atoms with E-state index in [0.717, 1.165) is 13.1 Å². The molecule has 3 unspecified atom stereocenters. The zero-order valence-corrected chi connectivity index (χ0v) is 9.35. The Kier molecular flexibility index (Phi) is 4.50. The minimum Gasteiger partial charge on any atom is -0.480 e. The van der Waals surface area contributed by atoms with Gasteiger partial charge in [0.05, 0.1) is 12.7 Å². The van der Waals surface area contributed by atoms with E-state index in [1.165, 1.54) is 0 Å². The number of nitrogens with two attached hydrogens (primary N) is 1. The maximum Gasteiger partial charge on any atom is 0.320 e. The SMILES string of the molecule is CC1CN(CCC(N)C(=O)O)C(C)CO1. The summed E-state index contributed by atoms with van der Waals surface area (Å²) in [7, 11) is 0. The van der Waals surface area contributed by atoms with Crippen molar-refractivity contribution in [2.24, 2.45) is 5.73 Å². The standard InChI is InChI=1S/C10H20N2O3/c1-7-6-15-8(2)5-12(7)4-3-9(11)10(13)14/h7-9H,3-6,11H2,1-2H3,(H,13,14). The van der Waals surface area contributed by atoms with E-state index in [0.29, 0.717) is 19.1 Å². The molecule has 0 aliphatic carbocycles. The van der Waals surface area contributed by atoms with Crippen LogP contribution < -0.4 is 5.73 Å². The Morgan fingerprint density at radius 3 is 2.93 bits per heavy atom. The number of nitrogens with zero attached hydrogens (tertiary/aromatic N) is 1. The van der Waals surface area contributed by atoms with Crippen LogP contribution in [0.2, 0.25) is 0 Å². The van der Waals surface area contributed by atoms with E-state index in [2.05, 4.69) is 11.8 Å². The van der Waals surface area contributed by atoms with Crippen LogP contribution >= 0.6 is 0 Å². The number of hydrogen-bond acceptors (Lipinski definition) is 4. The molecule has 3 atom stereocenters. The summed E-state index contributed by atoms with van der Waals surface area (Å²) in [6, 6.07) is -0.405. The van der Waals surface area contributed by atoms with Crippen LogP contribution in [-0.2, 0) is 9.53 Å². The molecule has 0 aromatic rings. The Labute approximate surface area is 90.2 Å². The van der Waals surface area contributed by atoms with Gasteiger partial charge in [-0.1, -0.05) is 0 Å². The number of carboxylic acid groups (broad SMARTS) is 1. The molecule has 15 heavy (non-hydrogen) atoms. The summed E-state index contributed by atoms with van der Waals surface area (Å²) in [6.07, 6.45) is 0.717. The molecule has 0 saturated carbocycles. The molecule has 88 valence electrons. The summed E-state index contributed by atoms with van der Waals surface area (Å²) >= 11 is 0. The van der Waals surface area contributed by atoms with E-state index in [4.69, 9.17) is 15.6 Å². The molecule has 0 bridgehead atoms. The van der Waals surface area contributed by atoms with Crippen molar-refractivity contribution in [1.29, 1.82) is 0 Å². The second kappa shape index (κ2) is 5.44. The first-order valence-electron chi connectivity index (χ1n) is 5.34. The van der Waals surface area contributed by atoms with Gasteiger partial charge in [-0.15, -0.1) is 0 Å². The molecular weight excluding hydrogens is 196 g/mol. The lowest BCUT2D eigenvalue weighted by Gasteiger charge is -2.37. The molecule has 5 nitrogen and oxygen atoms in total. The zero-order chi connectivity index (χ0) is 11.4. The fourth-order valence-corrected chi connectivity index (χ4v) is 1.71. The normalized spacial score (nSPS) is 30.1. The number of hydrogen-bond donors (Lipinski definition) is 2. The van der Waals surface area contributed by atoms with E-state index in [9.17, 15) is 4.79 Å². The lowest BCUT2D eigenvalue weighted by atomic mass is 10.1. The lowest BCUT2D eigenvalue weighted by Crippen LogP contribution is -2.48. The van der Waals surface area contributed by atoms with Gasteiger partial charge in [0.25, 0.3) is 0 Å². The number of ether oxygens (including phenoxy) is 1. The first kappa shape index (κ1) is 12.4. The molecule has 0 amide bonds. The highest BCUT2D eigenvalue weighted by atomic mass is 16.5. The third-order valence-electron chi connectivity index (χ3n) is 2.78. The van der Waals surface area contributed by atoms with Gasteiger partial charge < -0.3 is 15.6 Å². The number of carbonyl (C=O) groups is 1. The fraction of sp³-hybridized carbons (Fsp3) is 0.900. The monoisotopic (exact) mass is 216 g/mol. The van der Waals surface area contributed by atoms with E-state index in [-0.39, 0.29) is 6.10 Å². The summed E-state index contributed by atoms with van der Waals surface area (Å²) < 4.78 is 5.49. The average Bonchev–Trinajstić information content (AvgIpc) is 2.18. The summed E-state index contributed by atoms with van der Waals surface area (Å²) in [5, 5.41) is 8.66. The molecule has 5 heteroatoms. The van der Waals surface area contributed by atoms with Crippen LogP contribution in [0.4, 0.5) is 0 Å². The maximum atomic E-state index is 10.5. The summed E-state index contributed by atoms with van der Waals surface area (Å²) in [5.41, 5.74) is 5.46. The number of morpholine rings is 1. The van der Waals surface area contributed by atoms with E-state index >= 15 is 0 Å². The highest BCUT2D eigenvalue weighted by Crippen LogP contribution is 2.11. The molecule has 3 N–H and O–H groups in total. The van der Waals surface area contributed by atoms with Crippen LogP contribution in [0, 0.1) is 0 Å². The Bertz CT molecular complexity index is 223. The van der Waals surface area contributed by atoms with Crippen LogP contribution in [0.25, 0.3) is 0 Å². The lowest BCUT2D eigenvalue weighted by molar-refractivity contribution is -0.138. The third kappa shape index (κ3) is 3.77. The molecule has 0 aromatic carbocycles. The Balaban J connectivity index is 2.33. The summed E-state index contributed by atoms with van der Waals surface area (Å²) in [6.45, 7) is 6.40. The van der Waals surface area contributed by atoms with E-state index < -0.39 is 12.0 Å². The van der Waals surface area contributed by atoms with Gasteiger partial charge in [0.15, 0.2) is 0 Å². The molecule has 1 heterocycles. The Morgan fingerprint density at radius 2 is 2.33 bits per heavy atom. The van der Waals surface area contributed by atoms with E-state index in [1.54, 1.807) is 0 Å². The number of aliphatic carboxylic acids is 1. The fourth-order valence-electron chi connectivity index (χ4n) is 1.71. The van der Waals surface area contributed by atoms with Crippen molar-refractivity contribution >= 4 is 5.97 Å². The van der Waals surface area contributed by atoms with Crippen molar-refractivity contribution in [2.45, 2.75) is 38.5 Å². The van der Waals surface area contributed by atoms with Gasteiger partial charge in [-0.05, 0) is 20.3 Å². The highest BCUT2D eigenvalue weighted by Gasteiger charge is 2.24. The largest absolute Gasteiger partial charge is 0.480 e. The van der Waals surface area contributed by atoms with Crippen LogP contribution in [-0.4, -0.2) is 53.9 Å². The molecule has 1 saturated heterocycles. The van der Waals surface area contributed by atoms with Gasteiger partial charge in [0.1, 0.15) is 6.04 Å². The minimum atomic E-state index is -0.927. The molecule has 0 aromatic heterocycles. The van der Waals surface area contributed by atoms with Gasteiger partial charge in [0.2, 0.25) is 0 Å². The topological polar surface area (TPSA) is 75.8 Å². The van der Waals surface area contributed by atoms with Crippen LogP contribution in [0.1, 0.15) is 20.3 Å². The number of carboxylic acids is 1. The zero-order valence-electron chi connectivity index (χ0n) is 9.35. The molecule has 0 radical (unpaired) electrons. The van der Waals surface area contributed by atoms with Crippen molar-refractivity contribution in [3.63, 3.8) is 0 Å². The second-order valence-corrected chi connectivity index (χ2v) is 4.22. The predicted octanol–water partition coefficient (Wildman–Crippen LogP) is -0.102. The number of rotatable bonds is 4. The minimum absolute atomic E-state index is 0.224. The molecular formula is C10H20N2O3. The smallest absolute Gasteiger partial charge is 0.320 e. The first-order valence-corrected chi connectivity index (χ1v) is 5.34. The van der Waals surface area contributed by atoms with Gasteiger partial charge in [-0.25, -0.2) is 0 Å². The van der Waals surface area contributed by atoms with Crippen molar-refractivity contribution in [3.05, 3.63) is 0 Å². The van der Waals surface area contributed by atoms with Crippen LogP contribution in [0.3, 0.4) is 0 Å². The van der Waals surface area contributed by atoms with Gasteiger partial charge in [-0.2, -0.15) is 0 Å². The third-order valence-corrected chi connectivity index (χ3v) is 2.78. The molecule has 1 aliphatic heterocycles. The molecule has 0 spiro atoms. The second-order valence-electron chi connectivity index (χ2n) is 4.22. The van der Waals surface area contributed by atoms with Crippen LogP contribution in [0.5, 0.6) is 0 Å². The molecule has 1 aliphatic rings.